The zero-order valence-corrected chi connectivity index (χ0v) is 18.9. The largest absolute Gasteiger partial charge is 0.381 e. The van der Waals surface area contributed by atoms with E-state index in [0.717, 1.165) is 43.6 Å². The second-order valence-electron chi connectivity index (χ2n) is 7.73. The number of nitrogens with one attached hydrogen (secondary N) is 2. The predicted octanol–water partition coefficient (Wildman–Crippen LogP) is 2.21. The SMILES string of the molecule is Cn1cc(Nc2ncc(Cl)c(NC3COC4CCOC34)n2)cn1.NSCC1CCOC1. The van der Waals surface area contributed by atoms with Crippen LogP contribution in [0.3, 0.4) is 0 Å². The lowest BCUT2D eigenvalue weighted by molar-refractivity contribution is 0.0718. The number of hydrogen-bond acceptors (Lipinski definition) is 10. The van der Waals surface area contributed by atoms with Crippen LogP contribution in [0.5, 0.6) is 0 Å². The Balaban J connectivity index is 0.000000245. The summed E-state index contributed by atoms with van der Waals surface area (Å²) in [6, 6.07) is 0.0427. The van der Waals surface area contributed by atoms with Gasteiger partial charge in [-0.15, -0.1) is 0 Å². The van der Waals surface area contributed by atoms with Crippen LogP contribution >= 0.6 is 23.5 Å². The van der Waals surface area contributed by atoms with Crippen molar-refractivity contribution in [2.75, 3.05) is 42.8 Å². The van der Waals surface area contributed by atoms with Crippen molar-refractivity contribution in [3.05, 3.63) is 23.6 Å². The van der Waals surface area contributed by atoms with Gasteiger partial charge in [0.15, 0.2) is 5.82 Å². The van der Waals surface area contributed by atoms with Gasteiger partial charge >= 0.3 is 0 Å². The van der Waals surface area contributed by atoms with E-state index in [1.165, 1.54) is 18.4 Å². The Bertz CT molecular complexity index is 852. The van der Waals surface area contributed by atoms with Gasteiger partial charge in [-0.05, 0) is 18.8 Å². The van der Waals surface area contributed by atoms with E-state index in [1.807, 2.05) is 13.2 Å². The molecule has 170 valence electrons. The Kier molecular flexibility index (Phi) is 7.86. The zero-order valence-electron chi connectivity index (χ0n) is 17.4. The smallest absolute Gasteiger partial charge is 0.229 e. The number of anilines is 3. The van der Waals surface area contributed by atoms with Crippen molar-refractivity contribution < 1.29 is 14.2 Å². The molecule has 5 heterocycles. The maximum atomic E-state index is 6.21. The van der Waals surface area contributed by atoms with Crippen LogP contribution in [-0.4, -0.2) is 70.2 Å². The van der Waals surface area contributed by atoms with Crippen LogP contribution in [0, 0.1) is 5.92 Å². The summed E-state index contributed by atoms with van der Waals surface area (Å²) in [5.41, 5.74) is 0.809. The number of rotatable bonds is 6. The van der Waals surface area contributed by atoms with Crippen molar-refractivity contribution >= 4 is 41.0 Å². The predicted molar refractivity (Wildman–Crippen MR) is 121 cm³/mol. The number of nitrogens with two attached hydrogens (primary N) is 1. The van der Waals surface area contributed by atoms with Crippen molar-refractivity contribution in [1.29, 1.82) is 0 Å². The van der Waals surface area contributed by atoms with Gasteiger partial charge in [0.25, 0.3) is 0 Å². The molecule has 3 fully saturated rings. The molecule has 0 aliphatic carbocycles. The van der Waals surface area contributed by atoms with Gasteiger partial charge in [-0.2, -0.15) is 10.1 Å². The molecule has 4 atom stereocenters. The third-order valence-electron chi connectivity index (χ3n) is 5.35. The summed E-state index contributed by atoms with van der Waals surface area (Å²) in [4.78, 5) is 8.63. The Morgan fingerprint density at radius 3 is 2.90 bits per heavy atom. The van der Waals surface area contributed by atoms with Crippen molar-refractivity contribution in [3.8, 4) is 0 Å². The second-order valence-corrected chi connectivity index (χ2v) is 8.80. The Morgan fingerprint density at radius 1 is 1.26 bits per heavy atom. The molecule has 0 radical (unpaired) electrons. The van der Waals surface area contributed by atoms with Crippen LogP contribution in [0.4, 0.5) is 17.5 Å². The molecule has 0 aromatic carbocycles. The molecule has 3 saturated heterocycles. The van der Waals surface area contributed by atoms with Gasteiger partial charge in [0.1, 0.15) is 11.1 Å². The molecular formula is C19H28ClN7O3S. The molecule has 4 N–H and O–H groups in total. The summed E-state index contributed by atoms with van der Waals surface area (Å²) in [7, 11) is 1.85. The van der Waals surface area contributed by atoms with E-state index in [4.69, 9.17) is 31.0 Å². The lowest BCUT2D eigenvalue weighted by atomic mass is 10.1. The van der Waals surface area contributed by atoms with Gasteiger partial charge in [0, 0.05) is 32.2 Å². The Morgan fingerprint density at radius 2 is 2.16 bits per heavy atom. The van der Waals surface area contributed by atoms with E-state index in [9.17, 15) is 0 Å². The average Bonchev–Trinajstić information content (AvgIpc) is 3.53. The van der Waals surface area contributed by atoms with Crippen LogP contribution in [0.2, 0.25) is 5.02 Å². The first-order chi connectivity index (χ1) is 15.1. The normalized spacial score (nSPS) is 26.9. The van der Waals surface area contributed by atoms with Crippen LogP contribution in [-0.2, 0) is 21.3 Å². The fraction of sp³-hybridized carbons (Fsp3) is 0.632. The van der Waals surface area contributed by atoms with Crippen LogP contribution < -0.4 is 15.8 Å². The van der Waals surface area contributed by atoms with Crippen molar-refractivity contribution in [3.63, 3.8) is 0 Å². The zero-order chi connectivity index (χ0) is 21.6. The molecule has 5 rings (SSSR count). The van der Waals surface area contributed by atoms with E-state index < -0.39 is 0 Å². The minimum Gasteiger partial charge on any atom is -0.381 e. The highest BCUT2D eigenvalue weighted by atomic mass is 35.5. The second kappa shape index (κ2) is 10.8. The molecule has 3 aliphatic heterocycles. The summed E-state index contributed by atoms with van der Waals surface area (Å²) in [6.07, 6.45) is 7.47. The third-order valence-corrected chi connectivity index (χ3v) is 6.29. The Labute approximate surface area is 190 Å². The van der Waals surface area contributed by atoms with E-state index in [-0.39, 0.29) is 18.2 Å². The number of nitrogens with zero attached hydrogens (tertiary/aromatic N) is 4. The molecule has 0 amide bonds. The first-order valence-corrected chi connectivity index (χ1v) is 11.7. The highest BCUT2D eigenvalue weighted by Crippen LogP contribution is 2.30. The third kappa shape index (κ3) is 5.99. The lowest BCUT2D eigenvalue weighted by Gasteiger charge is -2.19. The number of halogens is 1. The fourth-order valence-electron chi connectivity index (χ4n) is 3.76. The summed E-state index contributed by atoms with van der Waals surface area (Å²) in [6.45, 7) is 3.18. The number of ether oxygens (including phenoxy) is 3. The lowest BCUT2D eigenvalue weighted by Crippen LogP contribution is -2.34. The number of hydrogen-bond donors (Lipinski definition) is 3. The topological polar surface area (TPSA) is 121 Å². The van der Waals surface area contributed by atoms with Crippen molar-refractivity contribution in [2.24, 2.45) is 18.1 Å². The molecule has 0 spiro atoms. The van der Waals surface area contributed by atoms with Gasteiger partial charge < -0.3 is 24.8 Å². The number of fused-ring (bicyclic) bond motifs is 1. The van der Waals surface area contributed by atoms with Crippen LogP contribution in [0.25, 0.3) is 0 Å². The average molecular weight is 470 g/mol. The fourth-order valence-corrected chi connectivity index (χ4v) is 4.44. The van der Waals surface area contributed by atoms with Crippen LogP contribution in [0.1, 0.15) is 12.8 Å². The highest BCUT2D eigenvalue weighted by Gasteiger charge is 2.42. The van der Waals surface area contributed by atoms with Gasteiger partial charge in [0.05, 0.1) is 43.4 Å². The number of aromatic nitrogens is 4. The maximum Gasteiger partial charge on any atom is 0.229 e. The first-order valence-electron chi connectivity index (χ1n) is 10.3. The molecule has 0 bridgehead atoms. The van der Waals surface area contributed by atoms with E-state index in [0.29, 0.717) is 23.4 Å². The molecule has 2 aromatic heterocycles. The quantitative estimate of drug-likeness (QED) is 0.542. The Hall–Kier alpha value is -1.63. The molecule has 10 nitrogen and oxygen atoms in total. The molecule has 0 saturated carbocycles. The molecule has 2 aromatic rings. The molecule has 3 aliphatic rings. The molecule has 31 heavy (non-hydrogen) atoms. The number of aryl methyl sites for hydroxylation is 1. The van der Waals surface area contributed by atoms with E-state index in [1.54, 1.807) is 17.1 Å². The van der Waals surface area contributed by atoms with E-state index >= 15 is 0 Å². The maximum absolute atomic E-state index is 6.21. The monoisotopic (exact) mass is 469 g/mol. The van der Waals surface area contributed by atoms with Gasteiger partial charge in [0.2, 0.25) is 5.95 Å². The summed E-state index contributed by atoms with van der Waals surface area (Å²) in [5.74, 6) is 2.80. The first kappa shape index (κ1) is 22.6. The molecule has 4 unspecified atom stereocenters. The standard InChI is InChI=1S/C14H17ClN6O2.C5H11NOS/c1-21-6-8(4-17-21)18-14-16-5-9(15)13(20-14)19-10-7-23-11-2-3-22-12(10)11;6-8-4-5-1-2-7-3-5/h4-6,10-12H,2-3,7H2,1H3,(H2,16,18,19,20);5H,1-4,6H2. The van der Waals surface area contributed by atoms with E-state index in [2.05, 4.69) is 25.7 Å². The van der Waals surface area contributed by atoms with Crippen LogP contribution in [0.15, 0.2) is 18.6 Å². The van der Waals surface area contributed by atoms with Crippen molar-refractivity contribution in [1.82, 2.24) is 19.7 Å². The minimum atomic E-state index is 0.0427. The minimum absolute atomic E-state index is 0.0427. The summed E-state index contributed by atoms with van der Waals surface area (Å²) < 4.78 is 18.3. The van der Waals surface area contributed by atoms with Gasteiger partial charge in [-0.25, -0.2) is 4.98 Å². The van der Waals surface area contributed by atoms with Crippen molar-refractivity contribution in [2.45, 2.75) is 31.1 Å². The molecular weight excluding hydrogens is 442 g/mol. The van der Waals surface area contributed by atoms with Gasteiger partial charge in [-0.3, -0.25) is 9.82 Å². The van der Waals surface area contributed by atoms with Gasteiger partial charge in [-0.1, -0.05) is 23.5 Å². The summed E-state index contributed by atoms with van der Waals surface area (Å²) >= 11 is 7.63. The highest BCUT2D eigenvalue weighted by molar-refractivity contribution is 7.97. The molecule has 12 heteroatoms. The summed E-state index contributed by atoms with van der Waals surface area (Å²) in [5, 5.41) is 16.2.